The minimum atomic E-state index is 0.551. The second-order valence-electron chi connectivity index (χ2n) is 3.03. The lowest BCUT2D eigenvalue weighted by atomic mass is 10.3. The molecule has 0 aliphatic rings. The van der Waals surface area contributed by atoms with Crippen molar-refractivity contribution in [2.24, 2.45) is 7.05 Å². The van der Waals surface area contributed by atoms with Crippen molar-refractivity contribution in [2.75, 3.05) is 11.6 Å². The molecule has 1 heterocycles. The normalized spacial score (nSPS) is 13.2. The van der Waals surface area contributed by atoms with Crippen LogP contribution in [0.25, 0.3) is 0 Å². The van der Waals surface area contributed by atoms with Crippen LogP contribution in [0.2, 0.25) is 0 Å². The lowest BCUT2D eigenvalue weighted by Crippen LogP contribution is -2.03. The zero-order chi connectivity index (χ0) is 9.68. The molecule has 0 aliphatic heterocycles. The van der Waals surface area contributed by atoms with Crippen LogP contribution in [0.1, 0.15) is 12.6 Å². The van der Waals surface area contributed by atoms with E-state index in [9.17, 15) is 0 Å². The quantitative estimate of drug-likeness (QED) is 0.706. The maximum Gasteiger partial charge on any atom is 0.0492 e. The Balaban J connectivity index is 2.24. The Hall–Kier alpha value is -0.150. The predicted octanol–water partition coefficient (Wildman–Crippen LogP) is 2.32. The Morgan fingerprint density at radius 3 is 3.00 bits per heavy atom. The van der Waals surface area contributed by atoms with Gasteiger partial charge in [0.25, 0.3) is 0 Å². The monoisotopic (exact) mass is 218 g/mol. The van der Waals surface area contributed by atoms with Crippen molar-refractivity contribution in [3.05, 3.63) is 18.0 Å². The standard InChI is InChI=1S/C9H15ClN2S/c1-8(7-10)13-6-4-9-3-5-11-12(9)2/h3,5,8H,4,6-7H2,1-2H3. The maximum atomic E-state index is 5.71. The van der Waals surface area contributed by atoms with Gasteiger partial charge in [-0.2, -0.15) is 16.9 Å². The molecule has 2 nitrogen and oxygen atoms in total. The second kappa shape index (κ2) is 5.55. The van der Waals surface area contributed by atoms with Crippen LogP contribution in [-0.2, 0) is 13.5 Å². The number of aromatic nitrogens is 2. The third kappa shape index (κ3) is 3.61. The highest BCUT2D eigenvalue weighted by molar-refractivity contribution is 7.99. The molecular weight excluding hydrogens is 204 g/mol. The first-order chi connectivity index (χ1) is 6.24. The second-order valence-corrected chi connectivity index (χ2v) is 4.89. The summed E-state index contributed by atoms with van der Waals surface area (Å²) in [6, 6.07) is 2.06. The van der Waals surface area contributed by atoms with Gasteiger partial charge in [-0.05, 0) is 18.2 Å². The van der Waals surface area contributed by atoms with Crippen LogP contribution in [0.15, 0.2) is 12.3 Å². The van der Waals surface area contributed by atoms with Crippen LogP contribution in [0.4, 0.5) is 0 Å². The van der Waals surface area contributed by atoms with E-state index in [2.05, 4.69) is 18.1 Å². The zero-order valence-corrected chi connectivity index (χ0v) is 9.61. The molecule has 0 N–H and O–H groups in total. The van der Waals surface area contributed by atoms with Crippen molar-refractivity contribution in [3.63, 3.8) is 0 Å². The fourth-order valence-corrected chi connectivity index (χ4v) is 2.14. The summed E-state index contributed by atoms with van der Waals surface area (Å²) in [7, 11) is 1.98. The summed E-state index contributed by atoms with van der Waals surface area (Å²) >= 11 is 7.62. The van der Waals surface area contributed by atoms with E-state index in [0.29, 0.717) is 5.25 Å². The lowest BCUT2D eigenvalue weighted by Gasteiger charge is -2.06. The number of hydrogen-bond acceptors (Lipinski definition) is 2. The molecule has 1 rings (SSSR count). The van der Waals surface area contributed by atoms with Gasteiger partial charge in [0.2, 0.25) is 0 Å². The van der Waals surface area contributed by atoms with Crippen molar-refractivity contribution < 1.29 is 0 Å². The molecule has 1 atom stereocenters. The van der Waals surface area contributed by atoms with Crippen LogP contribution in [-0.4, -0.2) is 26.7 Å². The molecule has 74 valence electrons. The highest BCUT2D eigenvalue weighted by Crippen LogP contribution is 2.13. The summed E-state index contributed by atoms with van der Waals surface area (Å²) in [6.07, 6.45) is 2.91. The van der Waals surface area contributed by atoms with Gasteiger partial charge in [-0.25, -0.2) is 0 Å². The molecule has 0 fully saturated rings. The molecule has 1 unspecified atom stereocenters. The molecule has 0 aromatic carbocycles. The highest BCUT2D eigenvalue weighted by Gasteiger charge is 2.02. The first kappa shape index (κ1) is 10.9. The SMILES string of the molecule is CC(CCl)SCCc1ccnn1C. The van der Waals surface area contributed by atoms with Crippen LogP contribution in [0.3, 0.4) is 0 Å². The number of hydrogen-bond donors (Lipinski definition) is 0. The number of halogens is 1. The minimum Gasteiger partial charge on any atom is -0.273 e. The van der Waals surface area contributed by atoms with E-state index in [1.54, 1.807) is 0 Å². The molecule has 1 aromatic rings. The topological polar surface area (TPSA) is 17.8 Å². The highest BCUT2D eigenvalue weighted by atomic mass is 35.5. The summed E-state index contributed by atoms with van der Waals surface area (Å²) in [5, 5.41) is 4.67. The van der Waals surface area contributed by atoms with Crippen LogP contribution in [0.5, 0.6) is 0 Å². The molecule has 0 saturated heterocycles. The van der Waals surface area contributed by atoms with Crippen molar-refractivity contribution in [1.29, 1.82) is 0 Å². The molecule has 0 saturated carbocycles. The van der Waals surface area contributed by atoms with Crippen molar-refractivity contribution >= 4 is 23.4 Å². The van der Waals surface area contributed by atoms with E-state index >= 15 is 0 Å². The van der Waals surface area contributed by atoms with Crippen molar-refractivity contribution in [1.82, 2.24) is 9.78 Å². The average Bonchev–Trinajstić information content (AvgIpc) is 2.52. The lowest BCUT2D eigenvalue weighted by molar-refractivity contribution is 0.719. The van der Waals surface area contributed by atoms with Gasteiger partial charge in [-0.3, -0.25) is 4.68 Å². The van der Waals surface area contributed by atoms with Gasteiger partial charge in [0, 0.05) is 30.1 Å². The first-order valence-electron chi connectivity index (χ1n) is 4.38. The predicted molar refractivity (Wildman–Crippen MR) is 59.6 cm³/mol. The summed E-state index contributed by atoms with van der Waals surface area (Å²) in [5.74, 6) is 1.85. The van der Waals surface area contributed by atoms with E-state index in [0.717, 1.165) is 18.1 Å². The van der Waals surface area contributed by atoms with Gasteiger partial charge in [0.1, 0.15) is 0 Å². The summed E-state index contributed by atoms with van der Waals surface area (Å²) in [6.45, 7) is 2.15. The summed E-state index contributed by atoms with van der Waals surface area (Å²) in [4.78, 5) is 0. The third-order valence-electron chi connectivity index (χ3n) is 1.90. The van der Waals surface area contributed by atoms with E-state index in [1.807, 2.05) is 29.7 Å². The molecule has 13 heavy (non-hydrogen) atoms. The van der Waals surface area contributed by atoms with Gasteiger partial charge in [-0.15, -0.1) is 11.6 Å². The number of aryl methyl sites for hydroxylation is 2. The first-order valence-corrected chi connectivity index (χ1v) is 5.97. The molecule has 0 bridgehead atoms. The molecule has 0 amide bonds. The fraction of sp³-hybridized carbons (Fsp3) is 0.667. The van der Waals surface area contributed by atoms with Gasteiger partial charge in [0.15, 0.2) is 0 Å². The molecule has 0 spiro atoms. The Labute approximate surface area is 88.7 Å². The van der Waals surface area contributed by atoms with E-state index in [4.69, 9.17) is 11.6 Å². The Kier molecular flexibility index (Phi) is 4.67. The number of rotatable bonds is 5. The van der Waals surface area contributed by atoms with E-state index < -0.39 is 0 Å². The van der Waals surface area contributed by atoms with Gasteiger partial charge in [0.05, 0.1) is 0 Å². The minimum absolute atomic E-state index is 0.551. The zero-order valence-electron chi connectivity index (χ0n) is 8.03. The smallest absolute Gasteiger partial charge is 0.0492 e. The van der Waals surface area contributed by atoms with Gasteiger partial charge >= 0.3 is 0 Å². The summed E-state index contributed by atoms with van der Waals surface area (Å²) < 4.78 is 1.92. The molecule has 0 radical (unpaired) electrons. The number of nitrogens with zero attached hydrogens (tertiary/aromatic N) is 2. The Morgan fingerprint density at radius 2 is 2.46 bits per heavy atom. The van der Waals surface area contributed by atoms with Crippen molar-refractivity contribution in [2.45, 2.75) is 18.6 Å². The molecule has 1 aromatic heterocycles. The van der Waals surface area contributed by atoms with Crippen LogP contribution in [0, 0.1) is 0 Å². The molecular formula is C9H15ClN2S. The Morgan fingerprint density at radius 1 is 1.69 bits per heavy atom. The maximum absolute atomic E-state index is 5.71. The molecule has 4 heteroatoms. The van der Waals surface area contributed by atoms with Gasteiger partial charge in [-0.1, -0.05) is 6.92 Å². The van der Waals surface area contributed by atoms with Crippen LogP contribution < -0.4 is 0 Å². The summed E-state index contributed by atoms with van der Waals surface area (Å²) in [5.41, 5.74) is 1.29. The van der Waals surface area contributed by atoms with Crippen molar-refractivity contribution in [3.8, 4) is 0 Å². The fourth-order valence-electron chi connectivity index (χ4n) is 1.06. The number of thioether (sulfide) groups is 1. The third-order valence-corrected chi connectivity index (χ3v) is 3.72. The molecule has 0 aliphatic carbocycles. The average molecular weight is 219 g/mol. The van der Waals surface area contributed by atoms with E-state index in [1.165, 1.54) is 5.69 Å². The van der Waals surface area contributed by atoms with E-state index in [-0.39, 0.29) is 0 Å². The van der Waals surface area contributed by atoms with Crippen LogP contribution >= 0.6 is 23.4 Å². The Bertz CT molecular complexity index is 250. The largest absolute Gasteiger partial charge is 0.273 e. The number of alkyl halides is 1. The van der Waals surface area contributed by atoms with Gasteiger partial charge < -0.3 is 0 Å².